The quantitative estimate of drug-likeness (QED) is 0.665. The fraction of sp³-hybridized carbons (Fsp3) is 0.200. The maximum Gasteiger partial charge on any atom is 0.335 e. The van der Waals surface area contributed by atoms with E-state index >= 15 is 0 Å². The second-order valence-electron chi connectivity index (χ2n) is 2.74. The molecule has 0 radical (unpaired) electrons. The van der Waals surface area contributed by atoms with Crippen LogP contribution in [0.5, 0.6) is 0 Å². The van der Waals surface area contributed by atoms with Crippen LogP contribution >= 0.6 is 15.9 Å². The van der Waals surface area contributed by atoms with Crippen LogP contribution in [0.25, 0.3) is 0 Å². The molecule has 14 heavy (non-hydrogen) atoms. The molecule has 0 saturated heterocycles. The minimum absolute atomic E-state index is 0.0128. The summed E-state index contributed by atoms with van der Waals surface area (Å²) in [6, 6.07) is 5.94. The van der Waals surface area contributed by atoms with Crippen molar-refractivity contribution in [3.63, 3.8) is 0 Å². The minimum Gasteiger partial charge on any atom is -0.478 e. The van der Waals surface area contributed by atoms with Crippen LogP contribution < -0.4 is 0 Å². The van der Waals surface area contributed by atoms with Gasteiger partial charge in [0.2, 0.25) is 0 Å². The van der Waals surface area contributed by atoms with Gasteiger partial charge in [0.25, 0.3) is 0 Å². The van der Waals surface area contributed by atoms with Gasteiger partial charge >= 0.3 is 5.97 Å². The van der Waals surface area contributed by atoms with E-state index in [4.69, 9.17) is 5.11 Å². The number of benzene rings is 1. The van der Waals surface area contributed by atoms with Crippen LogP contribution in [0.15, 0.2) is 24.3 Å². The van der Waals surface area contributed by atoms with Gasteiger partial charge in [0.1, 0.15) is 0 Å². The molecule has 1 rings (SSSR count). The zero-order chi connectivity index (χ0) is 10.6. The van der Waals surface area contributed by atoms with E-state index in [1.54, 1.807) is 0 Å². The molecule has 0 spiro atoms. The average Bonchev–Trinajstić information content (AvgIpc) is 2.18. The fourth-order valence-electron chi connectivity index (χ4n) is 1.03. The Morgan fingerprint density at radius 3 is 2.07 bits per heavy atom. The van der Waals surface area contributed by atoms with Crippen LogP contribution in [0.2, 0.25) is 0 Å². The van der Waals surface area contributed by atoms with Crippen molar-refractivity contribution in [2.75, 3.05) is 5.33 Å². The maximum atomic E-state index is 11.3. The Kier molecular flexibility index (Phi) is 3.83. The van der Waals surface area contributed by atoms with E-state index < -0.39 is 5.97 Å². The summed E-state index contributed by atoms with van der Waals surface area (Å²) in [5, 5.41) is 9.24. The molecule has 0 fully saturated rings. The van der Waals surface area contributed by atoms with Crippen molar-refractivity contribution in [1.29, 1.82) is 0 Å². The highest BCUT2D eigenvalue weighted by Crippen LogP contribution is 2.07. The highest BCUT2D eigenvalue weighted by atomic mass is 79.9. The second kappa shape index (κ2) is 4.91. The normalized spacial score (nSPS) is 9.79. The molecule has 1 N–H and O–H groups in total. The van der Waals surface area contributed by atoms with E-state index in [0.29, 0.717) is 17.3 Å². The fourth-order valence-corrected chi connectivity index (χ4v) is 1.39. The lowest BCUT2D eigenvalue weighted by Crippen LogP contribution is -2.01. The van der Waals surface area contributed by atoms with Gasteiger partial charge < -0.3 is 5.11 Å². The Morgan fingerprint density at radius 2 is 1.64 bits per heavy atom. The van der Waals surface area contributed by atoms with Crippen LogP contribution in [-0.2, 0) is 0 Å². The number of ketones is 1. The standard InChI is InChI=1S/C10H9BrO3/c11-6-5-9(12)7-1-3-8(4-2-7)10(13)14/h1-4H,5-6H2,(H,13,14). The summed E-state index contributed by atoms with van der Waals surface area (Å²) in [4.78, 5) is 21.9. The number of halogens is 1. The summed E-state index contributed by atoms with van der Waals surface area (Å²) < 4.78 is 0. The van der Waals surface area contributed by atoms with Crippen molar-refractivity contribution in [2.24, 2.45) is 0 Å². The molecule has 0 saturated carbocycles. The molecule has 0 aliphatic rings. The smallest absolute Gasteiger partial charge is 0.335 e. The van der Waals surface area contributed by atoms with Crippen molar-refractivity contribution in [2.45, 2.75) is 6.42 Å². The van der Waals surface area contributed by atoms with Gasteiger partial charge in [-0.2, -0.15) is 0 Å². The number of hydrogen-bond donors (Lipinski definition) is 1. The molecule has 1 aromatic carbocycles. The topological polar surface area (TPSA) is 54.4 Å². The number of hydrogen-bond acceptors (Lipinski definition) is 2. The van der Waals surface area contributed by atoms with E-state index in [1.807, 2.05) is 0 Å². The summed E-state index contributed by atoms with van der Waals surface area (Å²) in [5.74, 6) is -0.969. The first-order chi connectivity index (χ1) is 6.65. The largest absolute Gasteiger partial charge is 0.478 e. The lowest BCUT2D eigenvalue weighted by atomic mass is 10.1. The van der Waals surface area contributed by atoms with Gasteiger partial charge in [-0.05, 0) is 12.1 Å². The van der Waals surface area contributed by atoms with Crippen molar-refractivity contribution in [3.8, 4) is 0 Å². The lowest BCUT2D eigenvalue weighted by molar-refractivity contribution is 0.0696. The highest BCUT2D eigenvalue weighted by Gasteiger charge is 2.06. The predicted octanol–water partition coefficient (Wildman–Crippen LogP) is 2.35. The van der Waals surface area contributed by atoms with Crippen molar-refractivity contribution in [3.05, 3.63) is 35.4 Å². The van der Waals surface area contributed by atoms with Gasteiger partial charge in [0, 0.05) is 17.3 Å². The molecule has 74 valence electrons. The Bertz CT molecular complexity index is 343. The number of rotatable bonds is 4. The Balaban J connectivity index is 2.83. The number of Topliss-reactive ketones (excluding diaryl/α,β-unsaturated/α-hetero) is 1. The predicted molar refractivity (Wildman–Crippen MR) is 56.1 cm³/mol. The van der Waals surface area contributed by atoms with Crippen LogP contribution in [0.1, 0.15) is 27.1 Å². The molecule has 0 aliphatic heterocycles. The first-order valence-corrected chi connectivity index (χ1v) is 5.20. The van der Waals surface area contributed by atoms with E-state index in [1.165, 1.54) is 24.3 Å². The van der Waals surface area contributed by atoms with Crippen LogP contribution in [0.4, 0.5) is 0 Å². The lowest BCUT2D eigenvalue weighted by Gasteiger charge is -1.99. The first kappa shape index (κ1) is 10.9. The van der Waals surface area contributed by atoms with E-state index in [0.717, 1.165) is 0 Å². The molecule has 1 aromatic rings. The van der Waals surface area contributed by atoms with E-state index in [9.17, 15) is 9.59 Å². The molecule has 0 aliphatic carbocycles. The number of carbonyl (C=O) groups excluding carboxylic acids is 1. The van der Waals surface area contributed by atoms with Crippen molar-refractivity contribution >= 4 is 27.7 Å². The Hall–Kier alpha value is -1.16. The molecule has 0 bridgehead atoms. The van der Waals surface area contributed by atoms with Crippen molar-refractivity contribution in [1.82, 2.24) is 0 Å². The Labute approximate surface area is 89.9 Å². The van der Waals surface area contributed by atoms with Crippen molar-refractivity contribution < 1.29 is 14.7 Å². The molecule has 0 heterocycles. The highest BCUT2D eigenvalue weighted by molar-refractivity contribution is 9.09. The monoisotopic (exact) mass is 256 g/mol. The maximum absolute atomic E-state index is 11.3. The molecular weight excluding hydrogens is 248 g/mol. The molecular formula is C10H9BrO3. The number of carbonyl (C=O) groups is 2. The first-order valence-electron chi connectivity index (χ1n) is 4.07. The number of alkyl halides is 1. The SMILES string of the molecule is O=C(O)c1ccc(C(=O)CCBr)cc1. The molecule has 0 unspecified atom stereocenters. The molecule has 0 aromatic heterocycles. The van der Waals surface area contributed by atoms with Gasteiger partial charge in [-0.3, -0.25) is 4.79 Å². The third-order valence-electron chi connectivity index (χ3n) is 1.78. The van der Waals surface area contributed by atoms with Gasteiger partial charge in [0.15, 0.2) is 5.78 Å². The van der Waals surface area contributed by atoms with Crippen LogP contribution in [-0.4, -0.2) is 22.2 Å². The summed E-state index contributed by atoms with van der Waals surface area (Å²) in [7, 11) is 0. The van der Waals surface area contributed by atoms with Crippen LogP contribution in [0.3, 0.4) is 0 Å². The van der Waals surface area contributed by atoms with Gasteiger partial charge in [0.05, 0.1) is 5.56 Å². The summed E-state index contributed by atoms with van der Waals surface area (Å²) in [6.45, 7) is 0. The summed E-state index contributed by atoms with van der Waals surface area (Å²) >= 11 is 3.17. The minimum atomic E-state index is -0.982. The Morgan fingerprint density at radius 1 is 1.14 bits per heavy atom. The summed E-state index contributed by atoms with van der Waals surface area (Å²) in [6.07, 6.45) is 0.423. The number of aromatic carboxylic acids is 1. The third kappa shape index (κ3) is 2.67. The molecule has 4 heteroatoms. The zero-order valence-electron chi connectivity index (χ0n) is 7.37. The average molecular weight is 257 g/mol. The molecule has 0 amide bonds. The van der Waals surface area contributed by atoms with Crippen LogP contribution in [0, 0.1) is 0 Å². The van der Waals surface area contributed by atoms with Gasteiger partial charge in [-0.25, -0.2) is 4.79 Å². The number of carboxylic acids is 1. The van der Waals surface area contributed by atoms with E-state index in [2.05, 4.69) is 15.9 Å². The zero-order valence-corrected chi connectivity index (χ0v) is 8.95. The van der Waals surface area contributed by atoms with Gasteiger partial charge in [-0.15, -0.1) is 0 Å². The molecule has 0 atom stereocenters. The summed E-state index contributed by atoms with van der Waals surface area (Å²) in [5.41, 5.74) is 0.745. The van der Waals surface area contributed by atoms with E-state index in [-0.39, 0.29) is 11.3 Å². The third-order valence-corrected chi connectivity index (χ3v) is 2.17. The number of carboxylic acid groups (broad SMARTS) is 1. The van der Waals surface area contributed by atoms with Gasteiger partial charge in [-0.1, -0.05) is 28.1 Å². The molecule has 3 nitrogen and oxygen atoms in total. The second-order valence-corrected chi connectivity index (χ2v) is 3.54.